The van der Waals surface area contributed by atoms with Crippen molar-refractivity contribution in [1.82, 2.24) is 4.31 Å². The first-order valence-corrected chi connectivity index (χ1v) is 21.6. The quantitative estimate of drug-likeness (QED) is 0.0676. The van der Waals surface area contributed by atoms with Crippen molar-refractivity contribution in [3.63, 3.8) is 0 Å². The average Bonchev–Trinajstić information content (AvgIpc) is 3.52. The summed E-state index contributed by atoms with van der Waals surface area (Å²) in [5.41, 5.74) is 5.47. The number of carboxylic acid groups (broad SMARTS) is 1. The van der Waals surface area contributed by atoms with E-state index >= 15 is 0 Å². The Bertz CT molecular complexity index is 2040. The number of rotatable bonds is 16. The van der Waals surface area contributed by atoms with Gasteiger partial charge in [0.05, 0.1) is 10.6 Å². The van der Waals surface area contributed by atoms with Gasteiger partial charge in [0, 0.05) is 61.4 Å². The molecule has 0 unspecified atom stereocenters. The predicted molar refractivity (Wildman–Crippen MR) is 204 cm³/mol. The molecule has 3 heterocycles. The SMILES string of the molecule is Cc1ccc2c(c1)C(C)(C)\C(=C/C=C/C=C/c1sc3cc(S(=O)(=O)N4CCCCC4)ccc3[n+]1CCCCS(=O)(=O)O)N2CCCCCC(=O)O. The lowest BCUT2D eigenvalue weighted by Crippen LogP contribution is -2.36. The van der Waals surface area contributed by atoms with E-state index in [-0.39, 0.29) is 22.5 Å². The highest BCUT2D eigenvalue weighted by Crippen LogP contribution is 2.48. The van der Waals surface area contributed by atoms with Gasteiger partial charge in [-0.2, -0.15) is 17.3 Å². The van der Waals surface area contributed by atoms with Crippen LogP contribution in [-0.2, 0) is 36.9 Å². The van der Waals surface area contributed by atoms with Crippen LogP contribution in [0.15, 0.2) is 71.3 Å². The third-order valence-electron chi connectivity index (χ3n) is 9.72. The standard InChI is InChI=1S/C38H49N3O7S3/c1-29-18-20-32-31(27-29)38(2,3)35(40(32)24-12-5-9-17-37(42)43)15-7-4-8-16-36-41(25-13-14-26-50(44,45)46)33-21-19-30(28-34(33)49-36)51(47,48)39-22-10-6-11-23-39/h4,7-8,15-16,18-21,27-28H,5-6,9-14,17,22-26H2,1-3H3,(H-,42,43,44,45,46)/p+1. The molecule has 2 aliphatic heterocycles. The zero-order valence-electron chi connectivity index (χ0n) is 29.8. The number of benzene rings is 2. The molecule has 0 amide bonds. The highest BCUT2D eigenvalue weighted by Gasteiger charge is 2.39. The van der Waals surface area contributed by atoms with Crippen molar-refractivity contribution in [1.29, 1.82) is 0 Å². The number of aryl methyl sites for hydroxylation is 2. The minimum Gasteiger partial charge on any atom is -0.481 e. The molecule has 3 aromatic rings. The van der Waals surface area contributed by atoms with E-state index in [9.17, 15) is 26.2 Å². The molecular weight excluding hydrogens is 707 g/mol. The summed E-state index contributed by atoms with van der Waals surface area (Å²) < 4.78 is 63.2. The number of hydrogen-bond acceptors (Lipinski definition) is 7. The average molecular weight is 757 g/mol. The van der Waals surface area contributed by atoms with Gasteiger partial charge < -0.3 is 10.0 Å². The lowest BCUT2D eigenvalue weighted by atomic mass is 9.83. The topological polar surface area (TPSA) is 136 Å². The Hall–Kier alpha value is -3.36. The number of nitrogens with zero attached hydrogens (tertiary/aromatic N) is 3. The number of carboxylic acids is 1. The Morgan fingerprint density at radius 1 is 0.941 bits per heavy atom. The van der Waals surface area contributed by atoms with E-state index < -0.39 is 26.1 Å². The number of aliphatic carboxylic acids is 1. The summed E-state index contributed by atoms with van der Waals surface area (Å²) in [5, 5.41) is 9.93. The number of hydrogen-bond donors (Lipinski definition) is 2. The van der Waals surface area contributed by atoms with Gasteiger partial charge in [0.25, 0.3) is 15.1 Å². The summed E-state index contributed by atoms with van der Waals surface area (Å²) in [6.07, 6.45) is 16.2. The van der Waals surface area contributed by atoms with Crippen molar-refractivity contribution >= 4 is 59.4 Å². The van der Waals surface area contributed by atoms with Gasteiger partial charge in [-0.15, -0.1) is 0 Å². The molecule has 5 rings (SSSR count). The molecule has 1 saturated heterocycles. The molecule has 0 radical (unpaired) electrons. The summed E-state index contributed by atoms with van der Waals surface area (Å²) in [6.45, 7) is 8.92. The predicted octanol–water partition coefficient (Wildman–Crippen LogP) is 7.24. The van der Waals surface area contributed by atoms with E-state index in [0.717, 1.165) is 53.9 Å². The first-order valence-electron chi connectivity index (χ1n) is 17.8. The molecule has 0 saturated carbocycles. The van der Waals surface area contributed by atoms with Crippen LogP contribution in [-0.4, -0.2) is 62.2 Å². The highest BCUT2D eigenvalue weighted by molar-refractivity contribution is 7.89. The van der Waals surface area contributed by atoms with E-state index in [1.807, 2.05) is 30.4 Å². The molecule has 13 heteroatoms. The van der Waals surface area contributed by atoms with Crippen molar-refractivity contribution in [2.75, 3.05) is 30.3 Å². The number of fused-ring (bicyclic) bond motifs is 2. The monoisotopic (exact) mass is 756 g/mol. The molecule has 0 atom stereocenters. The van der Waals surface area contributed by atoms with Gasteiger partial charge >= 0.3 is 5.97 Å². The van der Waals surface area contributed by atoms with Crippen LogP contribution in [0.1, 0.15) is 87.8 Å². The Kier molecular flexibility index (Phi) is 12.6. The second-order valence-corrected chi connectivity index (χ2v) is 18.5. The van der Waals surface area contributed by atoms with E-state index in [2.05, 4.69) is 54.5 Å². The summed E-state index contributed by atoms with van der Waals surface area (Å²) in [7, 11) is -7.66. The van der Waals surface area contributed by atoms with E-state index in [4.69, 9.17) is 5.11 Å². The summed E-state index contributed by atoms with van der Waals surface area (Å²) in [5.74, 6) is -1.07. The molecular formula is C38H50N3O7S3+. The van der Waals surface area contributed by atoms with Crippen molar-refractivity contribution in [3.05, 3.63) is 82.5 Å². The Balaban J connectivity index is 1.40. The minimum atomic E-state index is -4.05. The molecule has 51 heavy (non-hydrogen) atoms. The number of piperidine rings is 1. The molecule has 2 aliphatic rings. The number of unbranched alkanes of at least 4 members (excludes halogenated alkanes) is 3. The number of aromatic nitrogens is 1. The molecule has 0 aliphatic carbocycles. The highest BCUT2D eigenvalue weighted by atomic mass is 32.2. The number of carbonyl (C=O) groups is 1. The van der Waals surface area contributed by atoms with Gasteiger partial charge in [-0.25, -0.2) is 8.42 Å². The van der Waals surface area contributed by atoms with Crippen molar-refractivity contribution in [2.24, 2.45) is 0 Å². The molecule has 0 bridgehead atoms. The minimum absolute atomic E-state index is 0.183. The first kappa shape index (κ1) is 38.9. The maximum absolute atomic E-state index is 13.4. The Labute approximate surface area is 306 Å². The van der Waals surface area contributed by atoms with Crippen LogP contribution in [0.25, 0.3) is 16.3 Å². The maximum Gasteiger partial charge on any atom is 0.303 e. The third-order valence-corrected chi connectivity index (χ3v) is 13.5. The van der Waals surface area contributed by atoms with Crippen LogP contribution in [0.2, 0.25) is 0 Å². The van der Waals surface area contributed by atoms with Gasteiger partial charge in [-0.05, 0) is 68.9 Å². The Morgan fingerprint density at radius 3 is 2.43 bits per heavy atom. The Morgan fingerprint density at radius 2 is 1.71 bits per heavy atom. The zero-order chi connectivity index (χ0) is 36.8. The third kappa shape index (κ3) is 9.55. The first-order chi connectivity index (χ1) is 24.2. The largest absolute Gasteiger partial charge is 0.481 e. The molecule has 2 N–H and O–H groups in total. The summed E-state index contributed by atoms with van der Waals surface area (Å²) in [6, 6.07) is 11.8. The van der Waals surface area contributed by atoms with Crippen LogP contribution in [0.3, 0.4) is 0 Å². The fourth-order valence-corrected chi connectivity index (χ4v) is 10.3. The van der Waals surface area contributed by atoms with Crippen LogP contribution in [0.5, 0.6) is 0 Å². The lowest BCUT2D eigenvalue weighted by molar-refractivity contribution is -0.669. The smallest absolute Gasteiger partial charge is 0.303 e. The van der Waals surface area contributed by atoms with E-state index in [1.54, 1.807) is 16.4 Å². The molecule has 0 spiro atoms. The number of anilines is 1. The second-order valence-electron chi connectivity index (χ2n) is 14.0. The van der Waals surface area contributed by atoms with Gasteiger partial charge in [0.2, 0.25) is 15.5 Å². The molecule has 1 aromatic heterocycles. The van der Waals surface area contributed by atoms with E-state index in [1.165, 1.54) is 33.8 Å². The maximum atomic E-state index is 13.4. The van der Waals surface area contributed by atoms with Crippen molar-refractivity contribution < 1.29 is 35.9 Å². The normalized spacial score (nSPS) is 17.7. The van der Waals surface area contributed by atoms with E-state index in [0.29, 0.717) is 38.9 Å². The molecule has 1 fully saturated rings. The summed E-state index contributed by atoms with van der Waals surface area (Å²) >= 11 is 1.49. The number of allylic oxidation sites excluding steroid dienone is 5. The zero-order valence-corrected chi connectivity index (χ0v) is 32.2. The van der Waals surface area contributed by atoms with Gasteiger partial charge in [-0.1, -0.05) is 74.0 Å². The van der Waals surface area contributed by atoms with Crippen LogP contribution >= 0.6 is 11.3 Å². The van der Waals surface area contributed by atoms with Crippen molar-refractivity contribution in [2.45, 2.75) is 95.4 Å². The van der Waals surface area contributed by atoms with Gasteiger partial charge in [0.15, 0.2) is 6.54 Å². The lowest BCUT2D eigenvalue weighted by Gasteiger charge is -2.27. The van der Waals surface area contributed by atoms with Crippen LogP contribution < -0.4 is 9.47 Å². The van der Waals surface area contributed by atoms with Gasteiger partial charge in [0.1, 0.15) is 4.70 Å². The fourth-order valence-electron chi connectivity index (χ4n) is 7.01. The van der Waals surface area contributed by atoms with Crippen LogP contribution in [0, 0.1) is 6.92 Å². The van der Waals surface area contributed by atoms with Crippen molar-refractivity contribution in [3.8, 4) is 0 Å². The van der Waals surface area contributed by atoms with Gasteiger partial charge in [-0.3, -0.25) is 9.35 Å². The number of sulfonamides is 1. The summed E-state index contributed by atoms with van der Waals surface area (Å²) in [4.78, 5) is 13.6. The fraction of sp³-hybridized carbons (Fsp3) is 0.474. The number of thiazole rings is 1. The van der Waals surface area contributed by atoms with Crippen LogP contribution in [0.4, 0.5) is 5.69 Å². The second kappa shape index (κ2) is 16.5. The molecule has 276 valence electrons. The molecule has 2 aromatic carbocycles. The molecule has 10 nitrogen and oxygen atoms in total.